The largest absolute Gasteiger partial charge is 0.338 e. The van der Waals surface area contributed by atoms with Crippen molar-refractivity contribution >= 4 is 45.0 Å². The van der Waals surface area contributed by atoms with Crippen molar-refractivity contribution in [2.24, 2.45) is 0 Å². The van der Waals surface area contributed by atoms with Crippen LogP contribution in [0.15, 0.2) is 48.0 Å². The Balaban J connectivity index is 1.80. The number of benzene rings is 2. The van der Waals surface area contributed by atoms with Crippen LogP contribution < -0.4 is 5.32 Å². The van der Waals surface area contributed by atoms with Crippen molar-refractivity contribution in [2.45, 2.75) is 0 Å². The maximum absolute atomic E-state index is 14.1. The van der Waals surface area contributed by atoms with Crippen LogP contribution in [-0.4, -0.2) is 20.9 Å². The molecular weight excluding hydrogens is 363 g/mol. The average molecular weight is 373 g/mol. The fourth-order valence-electron chi connectivity index (χ4n) is 2.51. The topological polar surface area (TPSA) is 70.7 Å². The van der Waals surface area contributed by atoms with Gasteiger partial charge >= 0.3 is 0 Å². The van der Waals surface area contributed by atoms with E-state index in [0.29, 0.717) is 21.7 Å². The molecule has 0 saturated carbocycles. The van der Waals surface area contributed by atoms with E-state index >= 15 is 0 Å². The van der Waals surface area contributed by atoms with Crippen LogP contribution in [0.1, 0.15) is 10.4 Å². The van der Waals surface area contributed by atoms with E-state index in [4.69, 9.17) is 11.6 Å². The van der Waals surface area contributed by atoms with Gasteiger partial charge in [-0.05, 0) is 24.3 Å². The van der Waals surface area contributed by atoms with Crippen LogP contribution in [0.3, 0.4) is 0 Å². The maximum atomic E-state index is 14.1. The van der Waals surface area contributed by atoms with Crippen LogP contribution in [0, 0.1) is 5.82 Å². The lowest BCUT2D eigenvalue weighted by Gasteiger charge is -2.02. The standard InChI is InChI=1S/C17H10ClFN4OS/c18-10-4-2-5-11(19)13(10)15-21-12-6-1-3-9(14(12)22-15)16(24)23-17-20-7-8-25-17/h1-8H,(H,21,22)(H,20,23,24). The fourth-order valence-corrected chi connectivity index (χ4v) is 3.28. The Morgan fingerprint density at radius 1 is 1.24 bits per heavy atom. The van der Waals surface area contributed by atoms with E-state index in [9.17, 15) is 9.18 Å². The van der Waals surface area contributed by atoms with Crippen molar-refractivity contribution in [3.63, 3.8) is 0 Å². The zero-order chi connectivity index (χ0) is 17.4. The zero-order valence-corrected chi connectivity index (χ0v) is 14.2. The highest BCUT2D eigenvalue weighted by molar-refractivity contribution is 7.13. The molecule has 124 valence electrons. The first-order chi connectivity index (χ1) is 12.1. The molecule has 0 bridgehead atoms. The minimum Gasteiger partial charge on any atom is -0.338 e. The summed E-state index contributed by atoms with van der Waals surface area (Å²) >= 11 is 7.42. The zero-order valence-electron chi connectivity index (χ0n) is 12.6. The minimum atomic E-state index is -0.486. The number of H-pyrrole nitrogens is 1. The number of hydrogen-bond acceptors (Lipinski definition) is 4. The molecule has 1 amide bonds. The van der Waals surface area contributed by atoms with Crippen molar-refractivity contribution in [2.75, 3.05) is 5.32 Å². The van der Waals surface area contributed by atoms with Crippen LogP contribution in [-0.2, 0) is 0 Å². The van der Waals surface area contributed by atoms with Gasteiger partial charge in [-0.25, -0.2) is 14.4 Å². The summed E-state index contributed by atoms with van der Waals surface area (Å²) in [5.41, 5.74) is 1.58. The van der Waals surface area contributed by atoms with E-state index in [-0.39, 0.29) is 22.3 Å². The number of thiazole rings is 1. The minimum absolute atomic E-state index is 0.173. The maximum Gasteiger partial charge on any atom is 0.259 e. The summed E-state index contributed by atoms with van der Waals surface area (Å²) in [5.74, 6) is -0.550. The molecule has 0 radical (unpaired) electrons. The number of amides is 1. The van der Waals surface area contributed by atoms with Crippen molar-refractivity contribution in [1.29, 1.82) is 0 Å². The molecule has 0 atom stereocenters. The molecule has 0 fully saturated rings. The summed E-state index contributed by atoms with van der Waals surface area (Å²) in [7, 11) is 0. The van der Waals surface area contributed by atoms with Crippen molar-refractivity contribution in [3.05, 3.63) is 64.4 Å². The van der Waals surface area contributed by atoms with Gasteiger partial charge < -0.3 is 4.98 Å². The second kappa shape index (κ2) is 6.27. The monoisotopic (exact) mass is 372 g/mol. The lowest BCUT2D eigenvalue weighted by Crippen LogP contribution is -2.12. The first-order valence-electron chi connectivity index (χ1n) is 7.27. The van der Waals surface area contributed by atoms with E-state index in [0.717, 1.165) is 0 Å². The second-order valence-electron chi connectivity index (χ2n) is 5.18. The number of para-hydroxylation sites is 1. The summed E-state index contributed by atoms with van der Waals surface area (Å²) in [4.78, 5) is 24.0. The number of halogens is 2. The molecule has 4 aromatic rings. The number of aromatic amines is 1. The lowest BCUT2D eigenvalue weighted by atomic mass is 10.2. The van der Waals surface area contributed by atoms with Crippen LogP contribution in [0.4, 0.5) is 9.52 Å². The molecule has 0 aliphatic carbocycles. The highest BCUT2D eigenvalue weighted by atomic mass is 35.5. The summed E-state index contributed by atoms with van der Waals surface area (Å²) in [6.45, 7) is 0. The number of fused-ring (bicyclic) bond motifs is 1. The average Bonchev–Trinajstić information content (AvgIpc) is 3.23. The number of anilines is 1. The smallest absolute Gasteiger partial charge is 0.259 e. The number of carbonyl (C=O) groups excluding carboxylic acids is 1. The van der Waals surface area contributed by atoms with Crippen molar-refractivity contribution in [1.82, 2.24) is 15.0 Å². The Hall–Kier alpha value is -2.77. The number of nitrogens with one attached hydrogen (secondary N) is 2. The molecule has 8 heteroatoms. The van der Waals surface area contributed by atoms with Gasteiger partial charge in [-0.1, -0.05) is 23.7 Å². The second-order valence-corrected chi connectivity index (χ2v) is 6.48. The number of rotatable bonds is 3. The van der Waals surface area contributed by atoms with Crippen molar-refractivity contribution in [3.8, 4) is 11.4 Å². The normalized spacial score (nSPS) is 11.0. The predicted octanol–water partition coefficient (Wildman–Crippen LogP) is 4.73. The number of carbonyl (C=O) groups is 1. The van der Waals surface area contributed by atoms with Gasteiger partial charge in [0, 0.05) is 11.6 Å². The molecule has 4 rings (SSSR count). The molecule has 0 spiro atoms. The Morgan fingerprint density at radius 3 is 2.84 bits per heavy atom. The molecule has 0 aliphatic heterocycles. The van der Waals surface area contributed by atoms with Crippen LogP contribution >= 0.6 is 22.9 Å². The van der Waals surface area contributed by atoms with Crippen molar-refractivity contribution < 1.29 is 9.18 Å². The summed E-state index contributed by atoms with van der Waals surface area (Å²) in [6, 6.07) is 9.56. The van der Waals surface area contributed by atoms with Crippen LogP contribution in [0.25, 0.3) is 22.4 Å². The molecule has 0 aliphatic rings. The molecule has 2 heterocycles. The Bertz CT molecular complexity index is 1060. The Labute approximate surface area is 150 Å². The quantitative estimate of drug-likeness (QED) is 0.546. The number of aromatic nitrogens is 3. The molecule has 25 heavy (non-hydrogen) atoms. The Kier molecular flexibility index (Phi) is 3.95. The van der Waals surface area contributed by atoms with Gasteiger partial charge in [0.2, 0.25) is 0 Å². The van der Waals surface area contributed by atoms with E-state index in [1.54, 1.807) is 35.8 Å². The third kappa shape index (κ3) is 2.88. The van der Waals surface area contributed by atoms with Gasteiger partial charge in [0.25, 0.3) is 5.91 Å². The van der Waals surface area contributed by atoms with Gasteiger partial charge in [-0.2, -0.15) is 0 Å². The van der Waals surface area contributed by atoms with Crippen LogP contribution in [0.2, 0.25) is 5.02 Å². The summed E-state index contributed by atoms with van der Waals surface area (Å²) in [5, 5.41) is 5.22. The summed E-state index contributed by atoms with van der Waals surface area (Å²) < 4.78 is 14.1. The molecule has 2 aromatic carbocycles. The molecule has 2 aromatic heterocycles. The van der Waals surface area contributed by atoms with Crippen LogP contribution in [0.5, 0.6) is 0 Å². The predicted molar refractivity (Wildman–Crippen MR) is 96.6 cm³/mol. The van der Waals surface area contributed by atoms with Gasteiger partial charge in [0.05, 0.1) is 21.7 Å². The van der Waals surface area contributed by atoms with E-state index < -0.39 is 5.82 Å². The third-order valence-electron chi connectivity index (χ3n) is 3.61. The van der Waals surface area contributed by atoms with E-state index in [1.807, 2.05) is 0 Å². The SMILES string of the molecule is O=C(Nc1nccs1)c1cccc2[nH]c(-c3c(F)cccc3Cl)nc12. The lowest BCUT2D eigenvalue weighted by molar-refractivity contribution is 0.102. The molecule has 5 nitrogen and oxygen atoms in total. The van der Waals surface area contributed by atoms with Gasteiger partial charge in [-0.15, -0.1) is 11.3 Å². The molecule has 2 N–H and O–H groups in total. The number of nitrogens with zero attached hydrogens (tertiary/aromatic N) is 2. The highest BCUT2D eigenvalue weighted by Crippen LogP contribution is 2.31. The van der Waals surface area contributed by atoms with Gasteiger partial charge in [-0.3, -0.25) is 10.1 Å². The third-order valence-corrected chi connectivity index (χ3v) is 4.61. The van der Waals surface area contributed by atoms with E-state index in [2.05, 4.69) is 20.3 Å². The van der Waals surface area contributed by atoms with E-state index in [1.165, 1.54) is 23.5 Å². The summed E-state index contributed by atoms with van der Waals surface area (Å²) in [6.07, 6.45) is 1.60. The highest BCUT2D eigenvalue weighted by Gasteiger charge is 2.18. The Morgan fingerprint density at radius 2 is 2.08 bits per heavy atom. The number of imidazole rings is 1. The first-order valence-corrected chi connectivity index (χ1v) is 8.53. The first kappa shape index (κ1) is 15.7. The molecular formula is C17H10ClFN4OS. The van der Waals surface area contributed by atoms with Gasteiger partial charge in [0.15, 0.2) is 5.13 Å². The molecule has 0 saturated heterocycles. The number of hydrogen-bond donors (Lipinski definition) is 2. The molecule has 0 unspecified atom stereocenters. The fraction of sp³-hybridized carbons (Fsp3) is 0. The van der Waals surface area contributed by atoms with Gasteiger partial charge in [0.1, 0.15) is 17.2 Å².